The van der Waals surface area contributed by atoms with E-state index >= 15 is 0 Å². The maximum Gasteiger partial charge on any atom is 0.230 e. The Hall–Kier alpha value is -1.92. The Balaban J connectivity index is 1.65. The van der Waals surface area contributed by atoms with Crippen LogP contribution >= 0.6 is 27.3 Å². The van der Waals surface area contributed by atoms with Crippen molar-refractivity contribution in [2.75, 3.05) is 11.9 Å². The average Bonchev–Trinajstić information content (AvgIpc) is 2.90. The first-order valence-corrected chi connectivity index (χ1v) is 8.82. The molecule has 1 heterocycles. The number of fused-ring (bicyclic) bond motifs is 1. The summed E-state index contributed by atoms with van der Waals surface area (Å²) >= 11 is 4.90. The van der Waals surface area contributed by atoms with E-state index < -0.39 is 0 Å². The lowest BCUT2D eigenvalue weighted by Gasteiger charge is -2.05. The van der Waals surface area contributed by atoms with Crippen molar-refractivity contribution in [2.45, 2.75) is 13.3 Å². The Labute approximate surface area is 146 Å². The number of carbonyl (C=O) groups excluding carboxylic acids is 1. The smallest absolute Gasteiger partial charge is 0.230 e. The molecule has 118 valence electrons. The van der Waals surface area contributed by atoms with Crippen molar-refractivity contribution in [1.82, 2.24) is 4.98 Å². The predicted molar refractivity (Wildman–Crippen MR) is 97.3 cm³/mol. The van der Waals surface area contributed by atoms with Crippen LogP contribution in [0.2, 0.25) is 0 Å². The fraction of sp³-hybridized carbons (Fsp3) is 0.176. The highest BCUT2D eigenvalue weighted by molar-refractivity contribution is 9.10. The van der Waals surface area contributed by atoms with Gasteiger partial charge in [0.1, 0.15) is 5.75 Å². The minimum absolute atomic E-state index is 0.0766. The molecule has 0 saturated carbocycles. The molecular formula is C17H15BrN2O2S. The minimum Gasteiger partial charge on any atom is -0.494 e. The topological polar surface area (TPSA) is 51.2 Å². The average molecular weight is 391 g/mol. The van der Waals surface area contributed by atoms with Crippen LogP contribution in [-0.4, -0.2) is 17.5 Å². The van der Waals surface area contributed by atoms with Gasteiger partial charge in [-0.15, -0.1) is 0 Å². The maximum atomic E-state index is 12.2. The van der Waals surface area contributed by atoms with Gasteiger partial charge < -0.3 is 10.1 Å². The summed E-state index contributed by atoms with van der Waals surface area (Å²) in [6, 6.07) is 13.4. The number of hydrogen-bond acceptors (Lipinski definition) is 4. The fourth-order valence-corrected chi connectivity index (χ4v) is 3.60. The quantitative estimate of drug-likeness (QED) is 0.690. The lowest BCUT2D eigenvalue weighted by atomic mass is 10.1. The van der Waals surface area contributed by atoms with Gasteiger partial charge in [-0.1, -0.05) is 39.4 Å². The summed E-state index contributed by atoms with van der Waals surface area (Å²) in [5, 5.41) is 3.48. The van der Waals surface area contributed by atoms with E-state index in [0.29, 0.717) is 18.2 Å². The minimum atomic E-state index is -0.0766. The molecule has 0 bridgehead atoms. The number of benzene rings is 2. The highest BCUT2D eigenvalue weighted by atomic mass is 79.9. The first-order chi connectivity index (χ1) is 11.1. The molecule has 0 aliphatic rings. The molecule has 0 unspecified atom stereocenters. The summed E-state index contributed by atoms with van der Waals surface area (Å²) in [6.45, 7) is 2.57. The Kier molecular flexibility index (Phi) is 4.93. The summed E-state index contributed by atoms with van der Waals surface area (Å²) in [5.74, 6) is 0.737. The molecule has 0 fully saturated rings. The molecule has 0 spiro atoms. The Bertz CT molecular complexity index is 830. The molecule has 1 aromatic heterocycles. The van der Waals surface area contributed by atoms with Gasteiger partial charge in [0.25, 0.3) is 0 Å². The van der Waals surface area contributed by atoms with Crippen molar-refractivity contribution in [2.24, 2.45) is 0 Å². The number of amides is 1. The number of nitrogens with zero attached hydrogens (tertiary/aromatic N) is 1. The van der Waals surface area contributed by atoms with E-state index in [1.807, 2.05) is 49.4 Å². The van der Waals surface area contributed by atoms with E-state index in [1.165, 1.54) is 11.3 Å². The molecule has 0 aliphatic heterocycles. The lowest BCUT2D eigenvalue weighted by molar-refractivity contribution is -0.115. The van der Waals surface area contributed by atoms with Crippen molar-refractivity contribution in [3.63, 3.8) is 0 Å². The van der Waals surface area contributed by atoms with Crippen LogP contribution in [0.4, 0.5) is 5.13 Å². The number of halogens is 1. The number of thiazole rings is 1. The van der Waals surface area contributed by atoms with Crippen molar-refractivity contribution in [1.29, 1.82) is 0 Å². The van der Waals surface area contributed by atoms with Gasteiger partial charge in [0.2, 0.25) is 5.91 Å². The highest BCUT2D eigenvalue weighted by Gasteiger charge is 2.09. The van der Waals surface area contributed by atoms with Crippen LogP contribution in [0.3, 0.4) is 0 Å². The number of rotatable bonds is 5. The summed E-state index contributed by atoms with van der Waals surface area (Å²) in [5.41, 5.74) is 1.82. The summed E-state index contributed by atoms with van der Waals surface area (Å²) < 4.78 is 7.43. The van der Waals surface area contributed by atoms with Crippen LogP contribution < -0.4 is 10.1 Å². The van der Waals surface area contributed by atoms with Gasteiger partial charge in [0.15, 0.2) is 5.13 Å². The van der Waals surface area contributed by atoms with E-state index in [2.05, 4.69) is 26.2 Å². The molecular weight excluding hydrogens is 376 g/mol. The van der Waals surface area contributed by atoms with E-state index in [9.17, 15) is 4.79 Å². The Morgan fingerprint density at radius 3 is 2.78 bits per heavy atom. The summed E-state index contributed by atoms with van der Waals surface area (Å²) in [7, 11) is 0. The fourth-order valence-electron chi connectivity index (χ4n) is 2.17. The normalized spacial score (nSPS) is 10.7. The first kappa shape index (κ1) is 16.0. The summed E-state index contributed by atoms with van der Waals surface area (Å²) in [4.78, 5) is 16.6. The molecule has 0 radical (unpaired) electrons. The van der Waals surface area contributed by atoms with E-state index in [4.69, 9.17) is 4.74 Å². The molecule has 0 saturated heterocycles. The van der Waals surface area contributed by atoms with Gasteiger partial charge in [-0.2, -0.15) is 0 Å². The van der Waals surface area contributed by atoms with Crippen LogP contribution in [0, 0.1) is 0 Å². The number of nitrogens with one attached hydrogen (secondary N) is 1. The van der Waals surface area contributed by atoms with Crippen LogP contribution in [0.1, 0.15) is 12.5 Å². The third-order valence-corrected chi connectivity index (χ3v) is 4.62. The van der Waals surface area contributed by atoms with Crippen LogP contribution in [-0.2, 0) is 11.2 Å². The largest absolute Gasteiger partial charge is 0.494 e. The van der Waals surface area contributed by atoms with Gasteiger partial charge in [-0.05, 0) is 42.8 Å². The third-order valence-electron chi connectivity index (χ3n) is 3.20. The standard InChI is InChI=1S/C17H15BrN2O2S/c1-2-22-13-6-3-11(4-7-13)9-16(21)20-17-19-14-8-5-12(18)10-15(14)23-17/h3-8,10H,2,9H2,1H3,(H,19,20,21). The zero-order chi connectivity index (χ0) is 16.2. The number of carbonyl (C=O) groups is 1. The SMILES string of the molecule is CCOc1ccc(CC(=O)Nc2nc3ccc(Br)cc3s2)cc1. The van der Waals surface area contributed by atoms with E-state index in [-0.39, 0.29) is 5.91 Å². The molecule has 2 aromatic carbocycles. The molecule has 1 N–H and O–H groups in total. The number of hydrogen-bond donors (Lipinski definition) is 1. The lowest BCUT2D eigenvalue weighted by Crippen LogP contribution is -2.14. The number of anilines is 1. The molecule has 3 aromatic rings. The summed E-state index contributed by atoms with van der Waals surface area (Å²) in [6.07, 6.45) is 0.312. The molecule has 3 rings (SSSR count). The molecule has 1 amide bonds. The Morgan fingerprint density at radius 2 is 2.04 bits per heavy atom. The van der Waals surface area contributed by atoms with Crippen LogP contribution in [0.25, 0.3) is 10.2 Å². The van der Waals surface area contributed by atoms with Gasteiger partial charge >= 0.3 is 0 Å². The molecule has 23 heavy (non-hydrogen) atoms. The second kappa shape index (κ2) is 7.10. The molecule has 4 nitrogen and oxygen atoms in total. The van der Waals surface area contributed by atoms with Crippen molar-refractivity contribution < 1.29 is 9.53 Å². The zero-order valence-corrected chi connectivity index (χ0v) is 14.9. The highest BCUT2D eigenvalue weighted by Crippen LogP contribution is 2.28. The first-order valence-electron chi connectivity index (χ1n) is 7.21. The van der Waals surface area contributed by atoms with E-state index in [0.717, 1.165) is 26.0 Å². The van der Waals surface area contributed by atoms with Gasteiger partial charge in [-0.3, -0.25) is 4.79 Å². The molecule has 0 atom stereocenters. The van der Waals surface area contributed by atoms with Crippen LogP contribution in [0.5, 0.6) is 5.75 Å². The van der Waals surface area contributed by atoms with Crippen LogP contribution in [0.15, 0.2) is 46.9 Å². The van der Waals surface area contributed by atoms with Gasteiger partial charge in [-0.25, -0.2) is 4.98 Å². The second-order valence-corrected chi connectivity index (χ2v) is 6.88. The second-order valence-electron chi connectivity index (χ2n) is 4.93. The Morgan fingerprint density at radius 1 is 1.26 bits per heavy atom. The van der Waals surface area contributed by atoms with Crippen molar-refractivity contribution in [3.05, 3.63) is 52.5 Å². The maximum absolute atomic E-state index is 12.2. The monoisotopic (exact) mass is 390 g/mol. The van der Waals surface area contributed by atoms with Crippen molar-refractivity contribution in [3.8, 4) is 5.75 Å². The van der Waals surface area contributed by atoms with E-state index in [1.54, 1.807) is 0 Å². The zero-order valence-electron chi connectivity index (χ0n) is 12.5. The van der Waals surface area contributed by atoms with Gasteiger partial charge in [0, 0.05) is 4.47 Å². The van der Waals surface area contributed by atoms with Crippen molar-refractivity contribution >= 4 is 48.5 Å². The number of aromatic nitrogens is 1. The predicted octanol–water partition coefficient (Wildman–Crippen LogP) is 4.64. The third kappa shape index (κ3) is 4.09. The molecule has 0 aliphatic carbocycles. The van der Waals surface area contributed by atoms with Gasteiger partial charge in [0.05, 0.1) is 23.2 Å². The number of ether oxygens (including phenoxy) is 1. The molecule has 6 heteroatoms.